The highest BCUT2D eigenvalue weighted by Crippen LogP contribution is 2.30. The molecule has 0 radical (unpaired) electrons. The summed E-state index contributed by atoms with van der Waals surface area (Å²) in [7, 11) is 1.21. The first-order valence-corrected chi connectivity index (χ1v) is 4.72. The molecule has 0 bridgehead atoms. The average Bonchev–Trinajstić information content (AvgIpc) is 2.21. The number of anilines is 1. The van der Waals surface area contributed by atoms with Gasteiger partial charge in [0, 0.05) is 6.92 Å². The van der Waals surface area contributed by atoms with E-state index >= 15 is 0 Å². The number of hydrogen-bond acceptors (Lipinski definition) is 4. The van der Waals surface area contributed by atoms with Gasteiger partial charge in [0.25, 0.3) is 0 Å². The summed E-state index contributed by atoms with van der Waals surface area (Å²) in [5, 5.41) is 12.0. The van der Waals surface area contributed by atoms with Crippen LogP contribution in [-0.4, -0.2) is 24.1 Å². The van der Waals surface area contributed by atoms with E-state index < -0.39 is 5.97 Å². The Morgan fingerprint density at radius 2 is 2.06 bits per heavy atom. The van der Waals surface area contributed by atoms with E-state index in [1.165, 1.54) is 20.1 Å². The lowest BCUT2D eigenvalue weighted by atomic mass is 10.2. The van der Waals surface area contributed by atoms with Gasteiger partial charge < -0.3 is 15.2 Å². The van der Waals surface area contributed by atoms with Crippen molar-refractivity contribution in [2.45, 2.75) is 6.92 Å². The molecule has 5 nitrogen and oxygen atoms in total. The highest BCUT2D eigenvalue weighted by Gasteiger charge is 2.15. The molecule has 0 aliphatic carbocycles. The molecule has 0 atom stereocenters. The molecule has 1 aromatic rings. The van der Waals surface area contributed by atoms with Gasteiger partial charge in [-0.2, -0.15) is 0 Å². The first kappa shape index (κ1) is 12.3. The van der Waals surface area contributed by atoms with Gasteiger partial charge >= 0.3 is 5.97 Å². The molecule has 2 N–H and O–H groups in total. The number of hydrogen-bond donors (Lipinski definition) is 2. The van der Waals surface area contributed by atoms with Crippen LogP contribution in [0.5, 0.6) is 5.75 Å². The van der Waals surface area contributed by atoms with Gasteiger partial charge in [0.15, 0.2) is 0 Å². The smallest absolute Gasteiger partial charge is 0.339 e. The number of phenols is 1. The summed E-state index contributed by atoms with van der Waals surface area (Å²) in [6.45, 7) is 1.29. The highest BCUT2D eigenvalue weighted by atomic mass is 35.5. The third kappa shape index (κ3) is 2.64. The fourth-order valence-corrected chi connectivity index (χ4v) is 1.36. The number of ether oxygens (including phenoxy) is 1. The van der Waals surface area contributed by atoms with E-state index in [9.17, 15) is 14.7 Å². The van der Waals surface area contributed by atoms with E-state index in [1.54, 1.807) is 0 Å². The number of nitrogens with one attached hydrogen (secondary N) is 1. The third-order valence-corrected chi connectivity index (χ3v) is 2.11. The second kappa shape index (κ2) is 4.85. The number of phenolic OH excluding ortho intramolecular Hbond substituents is 1. The van der Waals surface area contributed by atoms with E-state index in [2.05, 4.69) is 10.1 Å². The van der Waals surface area contributed by atoms with E-state index in [0.717, 1.165) is 6.07 Å². The summed E-state index contributed by atoms with van der Waals surface area (Å²) in [6.07, 6.45) is 0. The lowest BCUT2D eigenvalue weighted by molar-refractivity contribution is -0.114. The number of esters is 1. The van der Waals surface area contributed by atoms with Crippen LogP contribution >= 0.6 is 11.6 Å². The number of benzene rings is 1. The van der Waals surface area contributed by atoms with E-state index in [4.69, 9.17) is 11.6 Å². The van der Waals surface area contributed by atoms with Gasteiger partial charge in [-0.3, -0.25) is 4.79 Å². The van der Waals surface area contributed by atoms with Crippen molar-refractivity contribution < 1.29 is 19.4 Å². The van der Waals surface area contributed by atoms with Crippen molar-refractivity contribution in [2.75, 3.05) is 12.4 Å². The Bertz CT molecular complexity index is 445. The van der Waals surface area contributed by atoms with E-state index in [-0.39, 0.29) is 27.9 Å². The minimum absolute atomic E-state index is 0.0377. The van der Waals surface area contributed by atoms with Crippen LogP contribution in [0.1, 0.15) is 17.3 Å². The molecule has 1 amide bonds. The molecule has 0 saturated carbocycles. The molecule has 1 rings (SSSR count). The van der Waals surface area contributed by atoms with Crippen LogP contribution in [0.3, 0.4) is 0 Å². The Morgan fingerprint density at radius 1 is 1.44 bits per heavy atom. The number of aromatic hydroxyl groups is 1. The standard InChI is InChI=1S/C10H10ClNO4/c1-5(13)12-8-4-7(11)6(3-9(8)14)10(15)16-2/h3-4,14H,1-2H3,(H,12,13). The van der Waals surface area contributed by atoms with E-state index in [0.29, 0.717) is 0 Å². The molecule has 0 heterocycles. The number of carbonyl (C=O) groups excluding carboxylic acids is 2. The van der Waals surface area contributed by atoms with Crippen molar-refractivity contribution >= 4 is 29.2 Å². The van der Waals surface area contributed by atoms with Crippen molar-refractivity contribution in [2.24, 2.45) is 0 Å². The molecular weight excluding hydrogens is 234 g/mol. The third-order valence-electron chi connectivity index (χ3n) is 1.80. The molecule has 0 aliphatic heterocycles. The summed E-state index contributed by atoms with van der Waals surface area (Å²) in [5.74, 6) is -1.26. The number of rotatable bonds is 2. The SMILES string of the molecule is COC(=O)c1cc(O)c(NC(C)=O)cc1Cl. The Balaban J connectivity index is 3.16. The monoisotopic (exact) mass is 243 g/mol. The zero-order valence-corrected chi connectivity index (χ0v) is 9.46. The summed E-state index contributed by atoms with van der Waals surface area (Å²) >= 11 is 5.80. The second-order valence-electron chi connectivity index (χ2n) is 3.02. The normalized spacial score (nSPS) is 9.69. The Morgan fingerprint density at radius 3 is 2.56 bits per heavy atom. The van der Waals surface area contributed by atoms with Gasteiger partial charge in [-0.25, -0.2) is 4.79 Å². The topological polar surface area (TPSA) is 75.6 Å². The number of methoxy groups -OCH3 is 1. The van der Waals surface area contributed by atoms with Crippen LogP contribution in [0.2, 0.25) is 5.02 Å². The maximum atomic E-state index is 11.2. The van der Waals surface area contributed by atoms with Crippen LogP contribution in [0, 0.1) is 0 Å². The molecule has 6 heteroatoms. The molecule has 16 heavy (non-hydrogen) atoms. The van der Waals surface area contributed by atoms with Gasteiger partial charge in [-0.15, -0.1) is 0 Å². The Kier molecular flexibility index (Phi) is 3.73. The van der Waals surface area contributed by atoms with Gasteiger partial charge in [0.05, 0.1) is 23.4 Å². The quantitative estimate of drug-likeness (QED) is 0.613. The molecule has 1 aromatic carbocycles. The minimum Gasteiger partial charge on any atom is -0.506 e. The van der Waals surface area contributed by atoms with Crippen LogP contribution < -0.4 is 5.32 Å². The molecule has 0 spiro atoms. The lowest BCUT2D eigenvalue weighted by Gasteiger charge is -2.08. The fraction of sp³-hybridized carbons (Fsp3) is 0.200. The second-order valence-corrected chi connectivity index (χ2v) is 3.43. The lowest BCUT2D eigenvalue weighted by Crippen LogP contribution is -2.07. The summed E-state index contributed by atoms with van der Waals surface area (Å²) in [6, 6.07) is 2.42. The predicted octanol–water partition coefficient (Wildman–Crippen LogP) is 1.79. The van der Waals surface area contributed by atoms with Gasteiger partial charge in [0.1, 0.15) is 5.75 Å². The summed E-state index contributed by atoms with van der Waals surface area (Å²) in [4.78, 5) is 22.0. The van der Waals surface area contributed by atoms with E-state index in [1.807, 2.05) is 0 Å². The maximum absolute atomic E-state index is 11.2. The van der Waals surface area contributed by atoms with Crippen molar-refractivity contribution in [3.05, 3.63) is 22.7 Å². The molecule has 0 saturated heterocycles. The fourth-order valence-electron chi connectivity index (χ4n) is 1.12. The molecule has 86 valence electrons. The highest BCUT2D eigenvalue weighted by molar-refractivity contribution is 6.34. The molecular formula is C10H10ClNO4. The molecule has 0 unspecified atom stereocenters. The van der Waals surface area contributed by atoms with Crippen molar-refractivity contribution in [1.29, 1.82) is 0 Å². The van der Waals surface area contributed by atoms with Crippen LogP contribution in [-0.2, 0) is 9.53 Å². The van der Waals surface area contributed by atoms with Gasteiger partial charge in [-0.1, -0.05) is 11.6 Å². The van der Waals surface area contributed by atoms with Crippen molar-refractivity contribution in [3.8, 4) is 5.75 Å². The number of amides is 1. The summed E-state index contributed by atoms with van der Waals surface area (Å²) < 4.78 is 4.47. The zero-order chi connectivity index (χ0) is 12.3. The Labute approximate surface area is 97.0 Å². The maximum Gasteiger partial charge on any atom is 0.339 e. The molecule has 0 aliphatic rings. The number of halogens is 1. The van der Waals surface area contributed by atoms with Crippen LogP contribution in [0.15, 0.2) is 12.1 Å². The first-order chi connectivity index (χ1) is 7.45. The van der Waals surface area contributed by atoms with Crippen LogP contribution in [0.4, 0.5) is 5.69 Å². The van der Waals surface area contributed by atoms with Crippen molar-refractivity contribution in [1.82, 2.24) is 0 Å². The molecule has 0 aromatic heterocycles. The predicted molar refractivity (Wildman–Crippen MR) is 58.8 cm³/mol. The minimum atomic E-state index is -0.658. The van der Waals surface area contributed by atoms with Gasteiger partial charge in [-0.05, 0) is 12.1 Å². The van der Waals surface area contributed by atoms with Gasteiger partial charge in [0.2, 0.25) is 5.91 Å². The summed E-state index contributed by atoms with van der Waals surface area (Å²) in [5.41, 5.74) is 0.181. The Hall–Kier alpha value is -1.75. The first-order valence-electron chi connectivity index (χ1n) is 4.34. The number of carbonyl (C=O) groups is 2. The largest absolute Gasteiger partial charge is 0.506 e. The van der Waals surface area contributed by atoms with Crippen molar-refractivity contribution in [3.63, 3.8) is 0 Å². The van der Waals surface area contributed by atoms with Crippen LogP contribution in [0.25, 0.3) is 0 Å². The zero-order valence-electron chi connectivity index (χ0n) is 8.70. The average molecular weight is 244 g/mol. The molecule has 0 fully saturated rings.